The van der Waals surface area contributed by atoms with E-state index in [4.69, 9.17) is 27.9 Å². The fourth-order valence-electron chi connectivity index (χ4n) is 1.89. The molecule has 2 rings (SSSR count). The number of carbonyl (C=O) groups is 2. The standard InChI is InChI=1S/C17H14Cl2O3/c1-10-6-8-12(9-7-10)16(20)11(2)22-17(21)13-4-3-5-14(18)15(13)19/h3-9,11H,1-2H3/t11-/m1/s1. The number of esters is 1. The van der Waals surface area contributed by atoms with Crippen LogP contribution in [0.2, 0.25) is 10.0 Å². The first-order valence-corrected chi connectivity index (χ1v) is 7.41. The normalized spacial score (nSPS) is 11.8. The lowest BCUT2D eigenvalue weighted by atomic mass is 10.1. The maximum absolute atomic E-state index is 12.2. The monoisotopic (exact) mass is 336 g/mol. The molecule has 2 aromatic carbocycles. The van der Waals surface area contributed by atoms with E-state index in [1.165, 1.54) is 13.0 Å². The number of hydrogen-bond acceptors (Lipinski definition) is 3. The molecule has 0 aliphatic heterocycles. The molecule has 3 nitrogen and oxygen atoms in total. The van der Waals surface area contributed by atoms with Gasteiger partial charge in [-0.05, 0) is 26.0 Å². The first-order valence-electron chi connectivity index (χ1n) is 6.66. The molecule has 0 spiro atoms. The number of halogens is 2. The maximum atomic E-state index is 12.2. The number of Topliss-reactive ketones (excluding diaryl/α,β-unsaturated/α-hetero) is 1. The maximum Gasteiger partial charge on any atom is 0.340 e. The summed E-state index contributed by atoms with van der Waals surface area (Å²) in [6.07, 6.45) is -0.912. The highest BCUT2D eigenvalue weighted by Gasteiger charge is 2.22. The molecule has 5 heteroatoms. The molecule has 0 saturated heterocycles. The van der Waals surface area contributed by atoms with E-state index in [1.807, 2.05) is 19.1 Å². The van der Waals surface area contributed by atoms with Gasteiger partial charge in [-0.15, -0.1) is 0 Å². The van der Waals surface area contributed by atoms with Gasteiger partial charge >= 0.3 is 5.97 Å². The van der Waals surface area contributed by atoms with Gasteiger partial charge in [0.15, 0.2) is 6.10 Å². The highest BCUT2D eigenvalue weighted by atomic mass is 35.5. The van der Waals surface area contributed by atoms with Crippen LogP contribution in [0.5, 0.6) is 0 Å². The fraction of sp³-hybridized carbons (Fsp3) is 0.176. The zero-order chi connectivity index (χ0) is 16.3. The lowest BCUT2D eigenvalue weighted by Gasteiger charge is -2.13. The van der Waals surface area contributed by atoms with Crippen LogP contribution in [0.4, 0.5) is 0 Å². The van der Waals surface area contributed by atoms with Crippen LogP contribution in [0.1, 0.15) is 33.2 Å². The van der Waals surface area contributed by atoms with Crippen molar-refractivity contribution < 1.29 is 14.3 Å². The van der Waals surface area contributed by atoms with E-state index in [0.29, 0.717) is 5.56 Å². The average molecular weight is 337 g/mol. The van der Waals surface area contributed by atoms with Crippen molar-refractivity contribution in [2.24, 2.45) is 0 Å². The number of aryl methyl sites for hydroxylation is 1. The smallest absolute Gasteiger partial charge is 0.340 e. The van der Waals surface area contributed by atoms with Gasteiger partial charge in [0.2, 0.25) is 5.78 Å². The molecule has 22 heavy (non-hydrogen) atoms. The van der Waals surface area contributed by atoms with Crippen LogP contribution >= 0.6 is 23.2 Å². The molecule has 0 unspecified atom stereocenters. The van der Waals surface area contributed by atoms with Gasteiger partial charge in [0.05, 0.1) is 15.6 Å². The molecule has 0 amide bonds. The third kappa shape index (κ3) is 3.67. The Morgan fingerprint density at radius 3 is 2.32 bits per heavy atom. The Balaban J connectivity index is 2.12. The van der Waals surface area contributed by atoms with E-state index >= 15 is 0 Å². The predicted molar refractivity (Wildman–Crippen MR) is 86.8 cm³/mol. The largest absolute Gasteiger partial charge is 0.451 e. The molecule has 0 radical (unpaired) electrons. The number of rotatable bonds is 4. The average Bonchev–Trinajstić information content (AvgIpc) is 2.50. The Labute approximate surface area is 138 Å². The molecule has 0 aliphatic rings. The van der Waals surface area contributed by atoms with Crippen molar-refractivity contribution in [2.45, 2.75) is 20.0 Å². The summed E-state index contributed by atoms with van der Waals surface area (Å²) in [6.45, 7) is 3.46. The Morgan fingerprint density at radius 1 is 1.05 bits per heavy atom. The molecule has 0 N–H and O–H groups in total. The summed E-state index contributed by atoms with van der Waals surface area (Å²) in [5.41, 5.74) is 1.67. The summed E-state index contributed by atoms with van der Waals surface area (Å²) in [5, 5.41) is 0.373. The molecule has 0 fully saturated rings. The van der Waals surface area contributed by atoms with E-state index in [-0.39, 0.29) is 21.4 Å². The first-order chi connectivity index (χ1) is 10.4. The zero-order valence-electron chi connectivity index (χ0n) is 12.1. The van der Waals surface area contributed by atoms with E-state index in [2.05, 4.69) is 0 Å². The minimum absolute atomic E-state index is 0.115. The zero-order valence-corrected chi connectivity index (χ0v) is 13.6. The van der Waals surface area contributed by atoms with Gasteiger partial charge in [0.1, 0.15) is 0 Å². The van der Waals surface area contributed by atoms with Crippen molar-refractivity contribution in [3.05, 3.63) is 69.2 Å². The summed E-state index contributed by atoms with van der Waals surface area (Å²) in [6, 6.07) is 11.7. The van der Waals surface area contributed by atoms with Gasteiger partial charge in [0, 0.05) is 5.56 Å². The van der Waals surface area contributed by atoms with Gasteiger partial charge < -0.3 is 4.74 Å². The predicted octanol–water partition coefficient (Wildman–Crippen LogP) is 4.73. The van der Waals surface area contributed by atoms with Gasteiger partial charge in [-0.1, -0.05) is 59.1 Å². The number of carbonyl (C=O) groups excluding carboxylic acids is 2. The molecule has 1 atom stereocenters. The molecule has 0 aliphatic carbocycles. The highest BCUT2D eigenvalue weighted by Crippen LogP contribution is 2.26. The lowest BCUT2D eigenvalue weighted by Crippen LogP contribution is -2.24. The second kappa shape index (κ2) is 6.95. The van der Waals surface area contributed by atoms with Gasteiger partial charge in [-0.2, -0.15) is 0 Å². The van der Waals surface area contributed by atoms with Crippen molar-refractivity contribution in [2.75, 3.05) is 0 Å². The van der Waals surface area contributed by atoms with Crippen LogP contribution < -0.4 is 0 Å². The number of benzene rings is 2. The quantitative estimate of drug-likeness (QED) is 0.598. The van der Waals surface area contributed by atoms with Crippen LogP contribution in [0.3, 0.4) is 0 Å². The van der Waals surface area contributed by atoms with Crippen molar-refractivity contribution in [1.29, 1.82) is 0 Å². The summed E-state index contributed by atoms with van der Waals surface area (Å²) in [4.78, 5) is 24.3. The van der Waals surface area contributed by atoms with E-state index in [0.717, 1.165) is 5.56 Å². The Bertz CT molecular complexity index is 708. The Hall–Kier alpha value is -1.84. The number of ether oxygens (including phenoxy) is 1. The fourth-order valence-corrected chi connectivity index (χ4v) is 2.27. The third-order valence-electron chi connectivity index (χ3n) is 3.16. The first kappa shape index (κ1) is 16.5. The van der Waals surface area contributed by atoms with Crippen molar-refractivity contribution in [1.82, 2.24) is 0 Å². The van der Waals surface area contributed by atoms with Crippen molar-refractivity contribution in [3.63, 3.8) is 0 Å². The van der Waals surface area contributed by atoms with Crippen molar-refractivity contribution >= 4 is 35.0 Å². The van der Waals surface area contributed by atoms with Gasteiger partial charge in [0.25, 0.3) is 0 Å². The van der Waals surface area contributed by atoms with E-state index < -0.39 is 12.1 Å². The van der Waals surface area contributed by atoms with Crippen LogP contribution in [0, 0.1) is 6.92 Å². The van der Waals surface area contributed by atoms with E-state index in [9.17, 15) is 9.59 Å². The lowest BCUT2D eigenvalue weighted by molar-refractivity contribution is 0.0319. The summed E-state index contributed by atoms with van der Waals surface area (Å²) >= 11 is 11.8. The third-order valence-corrected chi connectivity index (χ3v) is 3.98. The van der Waals surface area contributed by atoms with Crippen LogP contribution in [0.15, 0.2) is 42.5 Å². The van der Waals surface area contributed by atoms with Crippen LogP contribution in [-0.2, 0) is 4.74 Å². The molecule has 2 aromatic rings. The molecule has 0 bridgehead atoms. The number of hydrogen-bond donors (Lipinski definition) is 0. The van der Waals surface area contributed by atoms with Crippen LogP contribution in [0.25, 0.3) is 0 Å². The summed E-state index contributed by atoms with van der Waals surface area (Å²) in [7, 11) is 0. The molecular formula is C17H14Cl2O3. The Morgan fingerprint density at radius 2 is 1.68 bits per heavy atom. The second-order valence-corrected chi connectivity index (χ2v) is 5.66. The number of ketones is 1. The molecule has 0 heterocycles. The van der Waals surface area contributed by atoms with Crippen molar-refractivity contribution in [3.8, 4) is 0 Å². The van der Waals surface area contributed by atoms with Gasteiger partial charge in [-0.25, -0.2) is 4.79 Å². The Kier molecular flexibility index (Phi) is 5.22. The van der Waals surface area contributed by atoms with Crippen LogP contribution in [-0.4, -0.2) is 17.9 Å². The molecular weight excluding hydrogens is 323 g/mol. The SMILES string of the molecule is Cc1ccc(C(=O)[C@@H](C)OC(=O)c2cccc(Cl)c2Cl)cc1. The summed E-state index contributed by atoms with van der Waals surface area (Å²) < 4.78 is 5.19. The molecule has 0 saturated carbocycles. The topological polar surface area (TPSA) is 43.4 Å². The highest BCUT2D eigenvalue weighted by molar-refractivity contribution is 6.43. The summed E-state index contributed by atoms with van der Waals surface area (Å²) in [5.74, 6) is -0.952. The minimum atomic E-state index is -0.912. The van der Waals surface area contributed by atoms with E-state index in [1.54, 1.807) is 24.3 Å². The molecule has 114 valence electrons. The second-order valence-electron chi connectivity index (χ2n) is 4.88. The minimum Gasteiger partial charge on any atom is -0.451 e. The molecule has 0 aromatic heterocycles. The van der Waals surface area contributed by atoms with Gasteiger partial charge in [-0.3, -0.25) is 4.79 Å².